The van der Waals surface area contributed by atoms with Gasteiger partial charge in [-0.05, 0) is 71.1 Å². The molecule has 0 aromatic heterocycles. The highest BCUT2D eigenvalue weighted by molar-refractivity contribution is 5.62. The van der Waals surface area contributed by atoms with Gasteiger partial charge in [-0.3, -0.25) is 10.4 Å². The molecule has 310 valence electrons. The van der Waals surface area contributed by atoms with Crippen LogP contribution >= 0.6 is 0 Å². The Kier molecular flexibility index (Phi) is 14.3. The summed E-state index contributed by atoms with van der Waals surface area (Å²) in [5.41, 5.74) is 5.21. The maximum Gasteiger partial charge on any atom is 0.508 e. The summed E-state index contributed by atoms with van der Waals surface area (Å²) < 4.78 is 49.7. The van der Waals surface area contributed by atoms with E-state index in [0.29, 0.717) is 50.8 Å². The van der Waals surface area contributed by atoms with E-state index in [1.54, 1.807) is 43.5 Å². The van der Waals surface area contributed by atoms with Gasteiger partial charge < -0.3 is 43.5 Å². The highest BCUT2D eigenvalue weighted by Crippen LogP contribution is 2.35. The SMILES string of the molecule is COCCCN1CCOc2ccc(COC3CNCC(OC(=O)OCc4ccc(CON(O)O)cc4)C3c3ccc(OC4CCN(c5cccc(F)c5)C4)cc3)cc21. The number of rotatable bonds is 17. The topological polar surface area (TPSA) is 144 Å². The number of ether oxygens (including phenoxy) is 6. The second-order valence-electron chi connectivity index (χ2n) is 14.6. The predicted octanol–water partition coefficient (Wildman–Crippen LogP) is 6.22. The Morgan fingerprint density at radius 2 is 1.69 bits per heavy atom. The van der Waals surface area contributed by atoms with E-state index in [4.69, 9.17) is 38.8 Å². The Labute approximate surface area is 337 Å². The van der Waals surface area contributed by atoms with Crippen LogP contribution in [0.5, 0.6) is 11.5 Å². The molecule has 0 saturated carbocycles. The van der Waals surface area contributed by atoms with Crippen LogP contribution in [0.3, 0.4) is 0 Å². The molecule has 3 aliphatic heterocycles. The summed E-state index contributed by atoms with van der Waals surface area (Å²) >= 11 is 0. The van der Waals surface area contributed by atoms with E-state index in [-0.39, 0.29) is 42.5 Å². The van der Waals surface area contributed by atoms with Gasteiger partial charge in [-0.15, -0.1) is 0 Å². The number of piperidine rings is 1. The van der Waals surface area contributed by atoms with Gasteiger partial charge in [0.05, 0.1) is 43.5 Å². The molecule has 2 saturated heterocycles. The lowest BCUT2D eigenvalue weighted by atomic mass is 9.85. The molecular weight excluding hydrogens is 751 g/mol. The minimum atomic E-state index is -0.812. The first-order valence-electron chi connectivity index (χ1n) is 19.6. The third-order valence-electron chi connectivity index (χ3n) is 10.6. The van der Waals surface area contributed by atoms with Crippen molar-refractivity contribution in [2.75, 3.05) is 69.4 Å². The van der Waals surface area contributed by atoms with Gasteiger partial charge in [-0.2, -0.15) is 0 Å². The van der Waals surface area contributed by atoms with E-state index in [0.717, 1.165) is 66.3 Å². The Bertz CT molecular complexity index is 1920. The molecule has 7 rings (SSSR count). The van der Waals surface area contributed by atoms with E-state index >= 15 is 0 Å². The summed E-state index contributed by atoms with van der Waals surface area (Å²) in [5, 5.41) is 20.6. The minimum absolute atomic E-state index is 0.0226. The summed E-state index contributed by atoms with van der Waals surface area (Å²) in [5.74, 6) is 0.972. The number of benzene rings is 4. The zero-order chi connectivity index (χ0) is 40.3. The molecule has 15 heteroatoms. The fourth-order valence-electron chi connectivity index (χ4n) is 7.67. The molecule has 0 spiro atoms. The van der Waals surface area contributed by atoms with Gasteiger partial charge in [0.2, 0.25) is 0 Å². The number of hydrogen-bond donors (Lipinski definition) is 3. The lowest BCUT2D eigenvalue weighted by molar-refractivity contribution is -0.497. The van der Waals surface area contributed by atoms with Crippen molar-refractivity contribution in [3.05, 3.63) is 119 Å². The number of anilines is 2. The van der Waals surface area contributed by atoms with Crippen molar-refractivity contribution in [3.63, 3.8) is 0 Å². The number of halogens is 1. The van der Waals surface area contributed by atoms with Gasteiger partial charge >= 0.3 is 6.16 Å². The first kappa shape index (κ1) is 41.2. The number of nitrogens with one attached hydrogen (secondary N) is 1. The summed E-state index contributed by atoms with van der Waals surface area (Å²) in [6, 6.07) is 27.6. The van der Waals surface area contributed by atoms with Crippen molar-refractivity contribution in [2.45, 2.75) is 56.9 Å². The second kappa shape index (κ2) is 20.1. The zero-order valence-corrected chi connectivity index (χ0v) is 32.5. The Balaban J connectivity index is 1.03. The standard InChI is InChI=1S/C43H51FN4O10/c1-52-20-3-17-46-19-21-53-39-15-10-32(22-38(39)46)28-54-40-24-45-25-41(58-43(49)55-27-30-6-8-31(9-7-30)29-56-48(50)51)42(40)33-11-13-36(14-12-33)57-37-16-18-47(26-37)35-5-2-4-34(44)23-35/h2,4-15,22-23,37,40-42,45,50-51H,3,16-21,24-29H2,1H3. The third-order valence-corrected chi connectivity index (χ3v) is 10.6. The molecule has 58 heavy (non-hydrogen) atoms. The van der Waals surface area contributed by atoms with E-state index in [1.165, 1.54) is 6.07 Å². The highest BCUT2D eigenvalue weighted by atomic mass is 19.1. The molecule has 4 atom stereocenters. The van der Waals surface area contributed by atoms with E-state index in [1.807, 2.05) is 42.5 Å². The van der Waals surface area contributed by atoms with Gasteiger partial charge in [-0.25, -0.2) is 14.0 Å². The van der Waals surface area contributed by atoms with E-state index < -0.39 is 12.3 Å². The van der Waals surface area contributed by atoms with E-state index in [2.05, 4.69) is 26.0 Å². The molecule has 2 fully saturated rings. The van der Waals surface area contributed by atoms with Crippen LogP contribution in [0.2, 0.25) is 0 Å². The van der Waals surface area contributed by atoms with Gasteiger partial charge in [0.1, 0.15) is 42.7 Å². The summed E-state index contributed by atoms with van der Waals surface area (Å²) in [6.45, 7) is 5.58. The molecular formula is C43H51FN4O10. The fraction of sp³-hybridized carbons (Fsp3) is 0.419. The molecule has 3 N–H and O–H groups in total. The second-order valence-corrected chi connectivity index (χ2v) is 14.6. The highest BCUT2D eigenvalue weighted by Gasteiger charge is 2.38. The van der Waals surface area contributed by atoms with Crippen LogP contribution < -0.4 is 24.6 Å². The molecule has 0 aliphatic carbocycles. The molecule has 3 aliphatic rings. The van der Waals surface area contributed by atoms with Crippen molar-refractivity contribution >= 4 is 17.5 Å². The predicted molar refractivity (Wildman–Crippen MR) is 211 cm³/mol. The van der Waals surface area contributed by atoms with E-state index in [9.17, 15) is 9.18 Å². The molecule has 0 amide bonds. The van der Waals surface area contributed by atoms with Crippen LogP contribution in [0.25, 0.3) is 0 Å². The molecule has 4 aromatic carbocycles. The van der Waals surface area contributed by atoms with Crippen LogP contribution in [-0.2, 0) is 43.6 Å². The number of carbonyl (C=O) groups excluding carboxylic acids is 1. The van der Waals surface area contributed by atoms with Crippen molar-refractivity contribution in [1.82, 2.24) is 10.7 Å². The molecule has 14 nitrogen and oxygen atoms in total. The van der Waals surface area contributed by atoms with Crippen LogP contribution in [0.15, 0.2) is 91.0 Å². The maximum absolute atomic E-state index is 13.9. The largest absolute Gasteiger partial charge is 0.508 e. The zero-order valence-electron chi connectivity index (χ0n) is 32.5. The average Bonchev–Trinajstić information content (AvgIpc) is 3.71. The first-order valence-corrected chi connectivity index (χ1v) is 19.6. The van der Waals surface area contributed by atoms with Gasteiger partial charge in [0.15, 0.2) is 0 Å². The van der Waals surface area contributed by atoms with Gasteiger partial charge in [0.25, 0.3) is 0 Å². The van der Waals surface area contributed by atoms with Crippen molar-refractivity contribution in [2.24, 2.45) is 0 Å². The van der Waals surface area contributed by atoms with Gasteiger partial charge in [0, 0.05) is 57.9 Å². The minimum Gasteiger partial charge on any atom is -0.490 e. The molecule has 0 radical (unpaired) electrons. The first-order chi connectivity index (χ1) is 28.3. The van der Waals surface area contributed by atoms with Crippen LogP contribution in [0.1, 0.15) is 41.0 Å². The molecule has 0 bridgehead atoms. The van der Waals surface area contributed by atoms with Crippen molar-refractivity contribution in [3.8, 4) is 11.5 Å². The normalized spacial score (nSPS) is 20.4. The van der Waals surface area contributed by atoms with Crippen LogP contribution in [0.4, 0.5) is 20.6 Å². The quantitative estimate of drug-likeness (QED) is 0.0631. The summed E-state index contributed by atoms with van der Waals surface area (Å²) in [6.07, 6.45) is -0.116. The number of methoxy groups -OCH3 is 1. The average molecular weight is 803 g/mol. The number of hydrogen-bond acceptors (Lipinski definition) is 14. The number of nitrogens with zero attached hydrogens (tertiary/aromatic N) is 3. The molecule has 4 aromatic rings. The Morgan fingerprint density at radius 1 is 0.914 bits per heavy atom. The Hall–Kier alpha value is -5.00. The number of carbonyl (C=O) groups is 1. The van der Waals surface area contributed by atoms with Gasteiger partial charge in [-0.1, -0.05) is 48.5 Å². The maximum atomic E-state index is 13.9. The number of fused-ring (bicyclic) bond motifs is 1. The summed E-state index contributed by atoms with van der Waals surface area (Å²) in [7, 11) is 1.71. The lowest BCUT2D eigenvalue weighted by Crippen LogP contribution is -2.51. The smallest absolute Gasteiger partial charge is 0.490 e. The summed E-state index contributed by atoms with van der Waals surface area (Å²) in [4.78, 5) is 22.3. The lowest BCUT2D eigenvalue weighted by Gasteiger charge is -2.38. The van der Waals surface area contributed by atoms with Crippen molar-refractivity contribution in [1.29, 1.82) is 0 Å². The van der Waals surface area contributed by atoms with Crippen LogP contribution in [-0.4, -0.2) is 99.9 Å². The Morgan fingerprint density at radius 3 is 2.47 bits per heavy atom. The monoisotopic (exact) mass is 802 g/mol. The third kappa shape index (κ3) is 11.1. The molecule has 4 unspecified atom stereocenters. The van der Waals surface area contributed by atoms with Crippen LogP contribution in [0, 0.1) is 5.82 Å². The fourth-order valence-corrected chi connectivity index (χ4v) is 7.67. The molecule has 3 heterocycles. The van der Waals surface area contributed by atoms with Crippen molar-refractivity contribution < 1.29 is 52.9 Å².